The van der Waals surface area contributed by atoms with Gasteiger partial charge in [0.05, 0.1) is 17.7 Å². The molecular weight excluding hydrogens is 377 g/mol. The second-order valence-electron chi connectivity index (χ2n) is 5.51. The van der Waals surface area contributed by atoms with E-state index >= 15 is 0 Å². The van der Waals surface area contributed by atoms with Crippen molar-refractivity contribution >= 4 is 34.9 Å². The number of nitrogens with one attached hydrogen (secondary N) is 1. The third-order valence-electron chi connectivity index (χ3n) is 3.81. The van der Waals surface area contributed by atoms with E-state index in [4.69, 9.17) is 21.6 Å². The van der Waals surface area contributed by atoms with Crippen LogP contribution in [0.5, 0.6) is 0 Å². The van der Waals surface area contributed by atoms with Crippen LogP contribution in [0.1, 0.15) is 38.9 Å². The zero-order chi connectivity index (χ0) is 20.3. The Morgan fingerprint density at radius 3 is 2.63 bits per heavy atom. The standard InChI is InChI=1S/C18H15ClFN3O4/c1-4-27-18(26)15(24)14-9(2)13(16(19)23(14)3)17(25)22-11-5-6-12(20)10(7-11)8-21/h5-7H,4H2,1-3H3,(H,22,25). The maximum Gasteiger partial charge on any atom is 0.381 e. The molecule has 27 heavy (non-hydrogen) atoms. The molecule has 1 N–H and O–H groups in total. The van der Waals surface area contributed by atoms with Crippen LogP contribution in [-0.2, 0) is 16.6 Å². The fourth-order valence-corrected chi connectivity index (χ4v) is 2.86. The van der Waals surface area contributed by atoms with E-state index in [0.29, 0.717) is 0 Å². The highest BCUT2D eigenvalue weighted by atomic mass is 35.5. The summed E-state index contributed by atoms with van der Waals surface area (Å²) < 4.78 is 19.3. The number of Topliss-reactive ketones (excluding diaryl/α,β-unsaturated/α-hetero) is 1. The first-order valence-corrected chi connectivity index (χ1v) is 8.17. The molecule has 1 amide bonds. The number of benzene rings is 1. The molecule has 1 aromatic carbocycles. The SMILES string of the molecule is CCOC(=O)C(=O)c1c(C)c(C(=O)Nc2ccc(F)c(C#N)c2)c(Cl)n1C. The number of rotatable bonds is 5. The number of anilines is 1. The maximum atomic E-state index is 13.4. The number of hydrogen-bond acceptors (Lipinski definition) is 5. The number of carbonyl (C=O) groups is 3. The topological polar surface area (TPSA) is 101 Å². The molecule has 7 nitrogen and oxygen atoms in total. The van der Waals surface area contributed by atoms with Crippen LogP contribution in [0.2, 0.25) is 5.15 Å². The number of ether oxygens (including phenoxy) is 1. The summed E-state index contributed by atoms with van der Waals surface area (Å²) in [6.07, 6.45) is 0. The molecule has 1 heterocycles. The van der Waals surface area contributed by atoms with Crippen LogP contribution in [0.4, 0.5) is 10.1 Å². The summed E-state index contributed by atoms with van der Waals surface area (Å²) in [4.78, 5) is 36.6. The lowest BCUT2D eigenvalue weighted by atomic mass is 10.1. The van der Waals surface area contributed by atoms with E-state index in [0.717, 1.165) is 6.07 Å². The molecule has 0 saturated heterocycles. The number of carbonyl (C=O) groups excluding carboxylic acids is 3. The average Bonchev–Trinajstić information content (AvgIpc) is 2.85. The molecule has 0 aliphatic rings. The summed E-state index contributed by atoms with van der Waals surface area (Å²) in [6, 6.07) is 5.17. The van der Waals surface area contributed by atoms with Gasteiger partial charge < -0.3 is 14.6 Å². The Bertz CT molecular complexity index is 991. The molecular formula is C18H15ClFN3O4. The van der Waals surface area contributed by atoms with Gasteiger partial charge in [-0.05, 0) is 37.6 Å². The van der Waals surface area contributed by atoms with E-state index < -0.39 is 23.5 Å². The Kier molecular flexibility index (Phi) is 5.98. The summed E-state index contributed by atoms with van der Waals surface area (Å²) in [5.74, 6) is -3.37. The number of ketones is 1. The smallest absolute Gasteiger partial charge is 0.381 e. The number of amides is 1. The lowest BCUT2D eigenvalue weighted by Crippen LogP contribution is -2.21. The molecule has 0 aliphatic heterocycles. The van der Waals surface area contributed by atoms with Gasteiger partial charge in [0.25, 0.3) is 11.7 Å². The fraction of sp³-hybridized carbons (Fsp3) is 0.222. The lowest BCUT2D eigenvalue weighted by molar-refractivity contribution is -0.137. The van der Waals surface area contributed by atoms with Crippen LogP contribution in [0.15, 0.2) is 18.2 Å². The molecule has 0 spiro atoms. The number of esters is 1. The predicted octanol–water partition coefficient (Wildman–Crippen LogP) is 3.00. The number of aromatic nitrogens is 1. The zero-order valence-electron chi connectivity index (χ0n) is 14.7. The number of nitriles is 1. The number of hydrogen-bond donors (Lipinski definition) is 1. The first-order chi connectivity index (χ1) is 12.7. The third kappa shape index (κ3) is 3.83. The molecule has 9 heteroatoms. The third-order valence-corrected chi connectivity index (χ3v) is 4.26. The van der Waals surface area contributed by atoms with Gasteiger partial charge in [-0.25, -0.2) is 9.18 Å². The van der Waals surface area contributed by atoms with Crippen molar-refractivity contribution in [1.29, 1.82) is 5.26 Å². The van der Waals surface area contributed by atoms with Crippen molar-refractivity contribution in [2.75, 3.05) is 11.9 Å². The minimum atomic E-state index is -1.05. The molecule has 0 atom stereocenters. The van der Waals surface area contributed by atoms with Gasteiger partial charge in [-0.15, -0.1) is 0 Å². The second kappa shape index (κ2) is 8.01. The van der Waals surface area contributed by atoms with Gasteiger partial charge in [0.15, 0.2) is 0 Å². The van der Waals surface area contributed by atoms with E-state index in [1.165, 1.54) is 30.7 Å². The van der Waals surface area contributed by atoms with E-state index in [9.17, 15) is 18.8 Å². The van der Waals surface area contributed by atoms with Crippen LogP contribution in [0.25, 0.3) is 0 Å². The van der Waals surface area contributed by atoms with E-state index in [-0.39, 0.29) is 39.8 Å². The molecule has 0 saturated carbocycles. The van der Waals surface area contributed by atoms with Crippen LogP contribution in [-0.4, -0.2) is 28.8 Å². The van der Waals surface area contributed by atoms with Gasteiger partial charge in [0.1, 0.15) is 22.7 Å². The normalized spacial score (nSPS) is 10.2. The van der Waals surface area contributed by atoms with Crippen molar-refractivity contribution < 1.29 is 23.5 Å². The van der Waals surface area contributed by atoms with Crippen molar-refractivity contribution in [2.24, 2.45) is 7.05 Å². The van der Waals surface area contributed by atoms with Crippen molar-refractivity contribution in [1.82, 2.24) is 4.57 Å². The largest absolute Gasteiger partial charge is 0.460 e. The van der Waals surface area contributed by atoms with Crippen LogP contribution in [0.3, 0.4) is 0 Å². The van der Waals surface area contributed by atoms with Gasteiger partial charge in [-0.2, -0.15) is 5.26 Å². The maximum absolute atomic E-state index is 13.4. The Morgan fingerprint density at radius 2 is 2.04 bits per heavy atom. The minimum absolute atomic E-state index is 0.0188. The molecule has 0 unspecified atom stereocenters. The van der Waals surface area contributed by atoms with Crippen molar-refractivity contribution in [3.8, 4) is 6.07 Å². The van der Waals surface area contributed by atoms with Gasteiger partial charge >= 0.3 is 5.97 Å². The molecule has 2 aromatic rings. The fourth-order valence-electron chi connectivity index (χ4n) is 2.55. The van der Waals surface area contributed by atoms with Crippen LogP contribution < -0.4 is 5.32 Å². The van der Waals surface area contributed by atoms with E-state index in [1.807, 2.05) is 0 Å². The Morgan fingerprint density at radius 1 is 1.37 bits per heavy atom. The van der Waals surface area contributed by atoms with Gasteiger partial charge in [-0.1, -0.05) is 11.6 Å². The molecule has 0 fully saturated rings. The summed E-state index contributed by atoms with van der Waals surface area (Å²) in [5, 5.41) is 11.3. The van der Waals surface area contributed by atoms with Gasteiger partial charge in [0, 0.05) is 12.7 Å². The summed E-state index contributed by atoms with van der Waals surface area (Å²) in [6.45, 7) is 3.06. The summed E-state index contributed by atoms with van der Waals surface area (Å²) in [7, 11) is 1.43. The van der Waals surface area contributed by atoms with E-state index in [1.54, 1.807) is 13.0 Å². The Balaban J connectivity index is 2.40. The summed E-state index contributed by atoms with van der Waals surface area (Å²) in [5.41, 5.74) is 0.0492. The predicted molar refractivity (Wildman–Crippen MR) is 95.2 cm³/mol. The molecule has 140 valence electrons. The monoisotopic (exact) mass is 391 g/mol. The Labute approximate surface area is 159 Å². The zero-order valence-corrected chi connectivity index (χ0v) is 15.5. The van der Waals surface area contributed by atoms with E-state index in [2.05, 4.69) is 5.32 Å². The van der Waals surface area contributed by atoms with Crippen molar-refractivity contribution in [3.05, 3.63) is 51.6 Å². The van der Waals surface area contributed by atoms with Gasteiger partial charge in [-0.3, -0.25) is 9.59 Å². The quantitative estimate of drug-likeness (QED) is 0.479. The highest BCUT2D eigenvalue weighted by Gasteiger charge is 2.30. The highest BCUT2D eigenvalue weighted by molar-refractivity contribution is 6.42. The first kappa shape index (κ1) is 20.1. The lowest BCUT2D eigenvalue weighted by Gasteiger charge is -2.06. The molecule has 0 radical (unpaired) electrons. The molecule has 1 aromatic heterocycles. The second-order valence-corrected chi connectivity index (χ2v) is 5.87. The minimum Gasteiger partial charge on any atom is -0.460 e. The van der Waals surface area contributed by atoms with Crippen LogP contribution >= 0.6 is 11.6 Å². The Hall–Kier alpha value is -3.18. The number of nitrogens with zero attached hydrogens (tertiary/aromatic N) is 2. The summed E-state index contributed by atoms with van der Waals surface area (Å²) >= 11 is 6.18. The first-order valence-electron chi connectivity index (χ1n) is 7.80. The number of halogens is 2. The van der Waals surface area contributed by atoms with Crippen LogP contribution in [0, 0.1) is 24.1 Å². The molecule has 0 bridgehead atoms. The van der Waals surface area contributed by atoms with Gasteiger partial charge in [0.2, 0.25) is 0 Å². The molecule has 2 rings (SSSR count). The highest BCUT2D eigenvalue weighted by Crippen LogP contribution is 2.28. The van der Waals surface area contributed by atoms with Crippen molar-refractivity contribution in [2.45, 2.75) is 13.8 Å². The average molecular weight is 392 g/mol. The molecule has 0 aliphatic carbocycles. The van der Waals surface area contributed by atoms with Crippen molar-refractivity contribution in [3.63, 3.8) is 0 Å².